The summed E-state index contributed by atoms with van der Waals surface area (Å²) in [7, 11) is 0. The number of rotatable bonds is 2. The zero-order valence-corrected chi connectivity index (χ0v) is 9.05. The van der Waals surface area contributed by atoms with Gasteiger partial charge in [0.05, 0.1) is 0 Å². The molecule has 13 heavy (non-hydrogen) atoms. The van der Waals surface area contributed by atoms with Gasteiger partial charge in [0.2, 0.25) is 0 Å². The van der Waals surface area contributed by atoms with Gasteiger partial charge in [0, 0.05) is 12.1 Å². The third kappa shape index (κ3) is 2.07. The molecule has 0 unspecified atom stereocenters. The minimum Gasteiger partial charge on any atom is -0.311 e. The second-order valence-corrected chi connectivity index (χ2v) is 5.17. The van der Waals surface area contributed by atoms with E-state index in [1.165, 1.54) is 38.5 Å². The molecule has 0 aromatic carbocycles. The van der Waals surface area contributed by atoms with Gasteiger partial charge in [-0.05, 0) is 31.1 Å². The van der Waals surface area contributed by atoms with E-state index in [0.29, 0.717) is 0 Å². The van der Waals surface area contributed by atoms with Gasteiger partial charge >= 0.3 is 0 Å². The van der Waals surface area contributed by atoms with Crippen LogP contribution in [0.1, 0.15) is 52.4 Å². The van der Waals surface area contributed by atoms with Crippen molar-refractivity contribution in [3.05, 3.63) is 0 Å². The van der Waals surface area contributed by atoms with Gasteiger partial charge in [-0.15, -0.1) is 0 Å². The SMILES string of the molecule is C[C@H]1[C@H](C)CCC[C@H]1NC1CCC1. The van der Waals surface area contributed by atoms with E-state index in [0.717, 1.165) is 23.9 Å². The Morgan fingerprint density at radius 2 is 1.62 bits per heavy atom. The molecule has 2 aliphatic rings. The van der Waals surface area contributed by atoms with Crippen LogP contribution in [0.2, 0.25) is 0 Å². The van der Waals surface area contributed by atoms with Crippen LogP contribution in [0.25, 0.3) is 0 Å². The molecule has 0 aliphatic heterocycles. The summed E-state index contributed by atoms with van der Waals surface area (Å²) in [6.07, 6.45) is 8.62. The monoisotopic (exact) mass is 181 g/mol. The molecule has 0 aromatic heterocycles. The summed E-state index contributed by atoms with van der Waals surface area (Å²) in [5, 5.41) is 3.84. The van der Waals surface area contributed by atoms with Crippen molar-refractivity contribution in [1.82, 2.24) is 5.32 Å². The largest absolute Gasteiger partial charge is 0.311 e. The zero-order chi connectivity index (χ0) is 9.26. The van der Waals surface area contributed by atoms with E-state index < -0.39 is 0 Å². The molecule has 0 heterocycles. The average Bonchev–Trinajstić information content (AvgIpc) is 2.04. The lowest BCUT2D eigenvalue weighted by atomic mass is 9.77. The van der Waals surface area contributed by atoms with Crippen molar-refractivity contribution >= 4 is 0 Å². The topological polar surface area (TPSA) is 12.0 Å². The highest BCUT2D eigenvalue weighted by Gasteiger charge is 2.29. The molecule has 2 saturated carbocycles. The van der Waals surface area contributed by atoms with Gasteiger partial charge < -0.3 is 5.32 Å². The number of hydrogen-bond acceptors (Lipinski definition) is 1. The minimum absolute atomic E-state index is 0.828. The number of hydrogen-bond donors (Lipinski definition) is 1. The van der Waals surface area contributed by atoms with E-state index in [9.17, 15) is 0 Å². The molecular weight excluding hydrogens is 158 g/mol. The fourth-order valence-electron chi connectivity index (χ4n) is 2.69. The summed E-state index contributed by atoms with van der Waals surface area (Å²) in [6, 6.07) is 1.70. The predicted molar refractivity (Wildman–Crippen MR) is 56.7 cm³/mol. The summed E-state index contributed by atoms with van der Waals surface area (Å²) in [4.78, 5) is 0. The Bertz CT molecular complexity index is 163. The van der Waals surface area contributed by atoms with E-state index in [-0.39, 0.29) is 0 Å². The first-order chi connectivity index (χ1) is 6.27. The maximum absolute atomic E-state index is 3.84. The molecule has 76 valence electrons. The lowest BCUT2D eigenvalue weighted by molar-refractivity contribution is 0.172. The highest BCUT2D eigenvalue weighted by Crippen LogP contribution is 2.31. The molecule has 0 saturated heterocycles. The molecule has 0 radical (unpaired) electrons. The van der Waals surface area contributed by atoms with Crippen LogP contribution in [0.15, 0.2) is 0 Å². The Balaban J connectivity index is 1.82. The van der Waals surface area contributed by atoms with Crippen LogP contribution in [0.4, 0.5) is 0 Å². The van der Waals surface area contributed by atoms with Crippen LogP contribution < -0.4 is 5.32 Å². The molecule has 1 nitrogen and oxygen atoms in total. The Kier molecular flexibility index (Phi) is 2.92. The summed E-state index contributed by atoms with van der Waals surface area (Å²) in [5.41, 5.74) is 0. The molecule has 0 spiro atoms. The Hall–Kier alpha value is -0.0400. The van der Waals surface area contributed by atoms with Gasteiger partial charge in [0.15, 0.2) is 0 Å². The third-order valence-electron chi connectivity index (χ3n) is 4.26. The fraction of sp³-hybridized carbons (Fsp3) is 1.00. The predicted octanol–water partition coefficient (Wildman–Crippen LogP) is 2.95. The molecule has 0 bridgehead atoms. The Labute approximate surface area is 82.3 Å². The van der Waals surface area contributed by atoms with E-state index in [1.807, 2.05) is 0 Å². The van der Waals surface area contributed by atoms with Crippen molar-refractivity contribution in [2.75, 3.05) is 0 Å². The summed E-state index contributed by atoms with van der Waals surface area (Å²) >= 11 is 0. The second-order valence-electron chi connectivity index (χ2n) is 5.17. The molecule has 2 rings (SSSR count). The van der Waals surface area contributed by atoms with Crippen molar-refractivity contribution < 1.29 is 0 Å². The van der Waals surface area contributed by atoms with E-state index in [4.69, 9.17) is 0 Å². The van der Waals surface area contributed by atoms with Gasteiger partial charge in [0.25, 0.3) is 0 Å². The van der Waals surface area contributed by atoms with Crippen LogP contribution in [0.3, 0.4) is 0 Å². The normalized spacial score (nSPS) is 41.5. The summed E-state index contributed by atoms with van der Waals surface area (Å²) in [6.45, 7) is 4.85. The van der Waals surface area contributed by atoms with Crippen LogP contribution in [-0.4, -0.2) is 12.1 Å². The molecule has 2 aliphatic carbocycles. The van der Waals surface area contributed by atoms with E-state index in [2.05, 4.69) is 19.2 Å². The van der Waals surface area contributed by atoms with Crippen LogP contribution >= 0.6 is 0 Å². The van der Waals surface area contributed by atoms with Crippen molar-refractivity contribution in [1.29, 1.82) is 0 Å². The van der Waals surface area contributed by atoms with Crippen LogP contribution in [-0.2, 0) is 0 Å². The zero-order valence-electron chi connectivity index (χ0n) is 9.05. The van der Waals surface area contributed by atoms with Crippen molar-refractivity contribution in [2.45, 2.75) is 64.5 Å². The highest BCUT2D eigenvalue weighted by molar-refractivity contribution is 4.87. The molecule has 3 atom stereocenters. The van der Waals surface area contributed by atoms with Gasteiger partial charge in [-0.3, -0.25) is 0 Å². The van der Waals surface area contributed by atoms with Gasteiger partial charge in [-0.1, -0.05) is 33.1 Å². The molecule has 0 aromatic rings. The van der Waals surface area contributed by atoms with Crippen molar-refractivity contribution in [2.24, 2.45) is 11.8 Å². The molecule has 0 amide bonds. The van der Waals surface area contributed by atoms with E-state index in [1.54, 1.807) is 0 Å². The lowest BCUT2D eigenvalue weighted by Gasteiger charge is -2.39. The first kappa shape index (κ1) is 9.51. The standard InChI is InChI=1S/C12H23N/c1-9-5-3-8-12(10(9)2)13-11-6-4-7-11/h9-13H,3-8H2,1-2H3/t9-,10+,12-/m1/s1. The smallest absolute Gasteiger partial charge is 0.00978 e. The minimum atomic E-state index is 0.828. The Morgan fingerprint density at radius 1 is 0.923 bits per heavy atom. The maximum atomic E-state index is 3.84. The summed E-state index contributed by atoms with van der Waals surface area (Å²) < 4.78 is 0. The van der Waals surface area contributed by atoms with Crippen molar-refractivity contribution in [3.63, 3.8) is 0 Å². The van der Waals surface area contributed by atoms with Gasteiger partial charge in [0.1, 0.15) is 0 Å². The van der Waals surface area contributed by atoms with E-state index >= 15 is 0 Å². The Morgan fingerprint density at radius 3 is 2.23 bits per heavy atom. The molecular formula is C12H23N. The number of nitrogens with one attached hydrogen (secondary N) is 1. The summed E-state index contributed by atoms with van der Waals surface area (Å²) in [5.74, 6) is 1.83. The first-order valence-electron chi connectivity index (χ1n) is 6.03. The molecule has 1 N–H and O–H groups in total. The quantitative estimate of drug-likeness (QED) is 0.690. The molecule has 2 fully saturated rings. The van der Waals surface area contributed by atoms with Crippen LogP contribution in [0.5, 0.6) is 0 Å². The van der Waals surface area contributed by atoms with Crippen molar-refractivity contribution in [3.8, 4) is 0 Å². The lowest BCUT2D eigenvalue weighted by Crippen LogP contribution is -2.48. The average molecular weight is 181 g/mol. The van der Waals surface area contributed by atoms with Gasteiger partial charge in [-0.25, -0.2) is 0 Å². The van der Waals surface area contributed by atoms with Crippen LogP contribution in [0, 0.1) is 11.8 Å². The third-order valence-corrected chi connectivity index (χ3v) is 4.26. The highest BCUT2D eigenvalue weighted by atomic mass is 15.0. The maximum Gasteiger partial charge on any atom is 0.00978 e. The first-order valence-corrected chi connectivity index (χ1v) is 6.03. The fourth-order valence-corrected chi connectivity index (χ4v) is 2.69. The molecule has 1 heteroatoms. The van der Waals surface area contributed by atoms with Gasteiger partial charge in [-0.2, -0.15) is 0 Å². The second kappa shape index (κ2) is 4.00.